The van der Waals surface area contributed by atoms with Crippen LogP contribution >= 0.6 is 0 Å². The van der Waals surface area contributed by atoms with Crippen molar-refractivity contribution in [2.45, 2.75) is 78.7 Å². The van der Waals surface area contributed by atoms with Crippen LogP contribution in [-0.2, 0) is 11.8 Å². The van der Waals surface area contributed by atoms with E-state index in [9.17, 15) is 0 Å². The Morgan fingerprint density at radius 3 is 2.57 bits per heavy atom. The van der Waals surface area contributed by atoms with Crippen molar-refractivity contribution in [3.63, 3.8) is 0 Å². The van der Waals surface area contributed by atoms with Crippen LogP contribution < -0.4 is 5.32 Å². The minimum atomic E-state index is 0.228. The minimum absolute atomic E-state index is 0.228. The molecule has 0 fully saturated rings. The number of hydrogen-bond donors (Lipinski definition) is 1. The van der Waals surface area contributed by atoms with Crippen molar-refractivity contribution in [3.8, 4) is 0 Å². The van der Waals surface area contributed by atoms with E-state index in [1.807, 2.05) is 0 Å². The molecule has 1 atom stereocenters. The molecule has 21 heavy (non-hydrogen) atoms. The number of aryl methyl sites for hydroxylation is 1. The van der Waals surface area contributed by atoms with Gasteiger partial charge in [0, 0.05) is 6.04 Å². The second-order valence-electron chi connectivity index (χ2n) is 8.54. The molecule has 0 heterocycles. The van der Waals surface area contributed by atoms with Crippen molar-refractivity contribution in [1.29, 1.82) is 0 Å². The molecule has 1 aromatic rings. The summed E-state index contributed by atoms with van der Waals surface area (Å²) in [6.07, 6.45) is 4.95. The second kappa shape index (κ2) is 6.12. The van der Waals surface area contributed by atoms with Crippen molar-refractivity contribution in [1.82, 2.24) is 5.32 Å². The summed E-state index contributed by atoms with van der Waals surface area (Å²) in [6, 6.07) is 7.72. The molecule has 0 aliphatic heterocycles. The second-order valence-corrected chi connectivity index (χ2v) is 8.54. The van der Waals surface area contributed by atoms with Gasteiger partial charge in [-0.05, 0) is 59.7 Å². The summed E-state index contributed by atoms with van der Waals surface area (Å²) in [7, 11) is 0. The molecule has 0 saturated heterocycles. The fraction of sp³-hybridized carbons (Fsp3) is 0.700. The molecule has 1 heteroatoms. The van der Waals surface area contributed by atoms with Crippen molar-refractivity contribution < 1.29 is 0 Å². The molecule has 0 amide bonds. The monoisotopic (exact) mass is 287 g/mol. The molecule has 118 valence electrons. The van der Waals surface area contributed by atoms with Crippen molar-refractivity contribution >= 4 is 0 Å². The van der Waals surface area contributed by atoms with E-state index in [0.29, 0.717) is 11.5 Å². The maximum absolute atomic E-state index is 3.80. The lowest BCUT2D eigenvalue weighted by molar-refractivity contribution is 0.273. The summed E-state index contributed by atoms with van der Waals surface area (Å²) in [5.41, 5.74) is 5.23. The standard InChI is InChI=1S/C20H33N/c1-7-12-21-18-14-20(5,6)11-10-15-8-9-16(13-17(15)18)19(2,3)4/h8-9,13,18,21H,7,10-12,14H2,1-6H3. The van der Waals surface area contributed by atoms with Gasteiger partial charge in [0.1, 0.15) is 0 Å². The molecule has 1 unspecified atom stereocenters. The molecule has 1 N–H and O–H groups in total. The average molecular weight is 287 g/mol. The van der Waals surface area contributed by atoms with Gasteiger partial charge in [0.05, 0.1) is 0 Å². The van der Waals surface area contributed by atoms with Gasteiger partial charge in [-0.1, -0.05) is 59.7 Å². The normalized spacial score (nSPS) is 21.7. The van der Waals surface area contributed by atoms with Crippen LogP contribution in [0.15, 0.2) is 18.2 Å². The van der Waals surface area contributed by atoms with Gasteiger partial charge in [-0.2, -0.15) is 0 Å². The van der Waals surface area contributed by atoms with Crippen LogP contribution in [0.3, 0.4) is 0 Å². The summed E-state index contributed by atoms with van der Waals surface area (Å²) in [4.78, 5) is 0. The van der Waals surface area contributed by atoms with Crippen LogP contribution in [0.25, 0.3) is 0 Å². The third kappa shape index (κ3) is 4.10. The Morgan fingerprint density at radius 2 is 1.95 bits per heavy atom. The maximum atomic E-state index is 3.80. The summed E-state index contributed by atoms with van der Waals surface area (Å²) < 4.78 is 0. The van der Waals surface area contributed by atoms with E-state index >= 15 is 0 Å². The van der Waals surface area contributed by atoms with Crippen LogP contribution in [0.2, 0.25) is 0 Å². The first-order chi connectivity index (χ1) is 9.73. The Kier molecular flexibility index (Phi) is 4.82. The third-order valence-electron chi connectivity index (χ3n) is 4.86. The third-order valence-corrected chi connectivity index (χ3v) is 4.86. The number of nitrogens with one attached hydrogen (secondary N) is 1. The summed E-state index contributed by atoms with van der Waals surface area (Å²) in [5.74, 6) is 0. The molecule has 2 rings (SSSR count). The Hall–Kier alpha value is -0.820. The van der Waals surface area contributed by atoms with E-state index in [0.717, 1.165) is 6.54 Å². The first kappa shape index (κ1) is 16.5. The van der Waals surface area contributed by atoms with Crippen molar-refractivity contribution in [3.05, 3.63) is 34.9 Å². The van der Waals surface area contributed by atoms with E-state index in [2.05, 4.69) is 65.1 Å². The van der Waals surface area contributed by atoms with Gasteiger partial charge >= 0.3 is 0 Å². The molecular formula is C20H33N. The average Bonchev–Trinajstić information content (AvgIpc) is 2.52. The molecule has 0 radical (unpaired) electrons. The van der Waals surface area contributed by atoms with Gasteiger partial charge in [-0.15, -0.1) is 0 Å². The molecule has 0 saturated carbocycles. The fourth-order valence-electron chi connectivity index (χ4n) is 3.35. The number of hydrogen-bond acceptors (Lipinski definition) is 1. The molecule has 0 spiro atoms. The lowest BCUT2D eigenvalue weighted by atomic mass is 9.82. The summed E-state index contributed by atoms with van der Waals surface area (Å²) in [5, 5.41) is 3.80. The number of rotatable bonds is 3. The van der Waals surface area contributed by atoms with Crippen molar-refractivity contribution in [2.75, 3.05) is 6.54 Å². The molecule has 0 bridgehead atoms. The zero-order chi connectivity index (χ0) is 15.7. The van der Waals surface area contributed by atoms with E-state index in [1.165, 1.54) is 31.2 Å². The topological polar surface area (TPSA) is 12.0 Å². The highest BCUT2D eigenvalue weighted by atomic mass is 14.9. The van der Waals surface area contributed by atoms with Gasteiger partial charge < -0.3 is 5.32 Å². The first-order valence-corrected chi connectivity index (χ1v) is 8.59. The molecule has 1 aliphatic rings. The van der Waals surface area contributed by atoms with E-state index in [-0.39, 0.29) is 5.41 Å². The lowest BCUT2D eigenvalue weighted by Gasteiger charge is -2.28. The highest BCUT2D eigenvalue weighted by Gasteiger charge is 2.30. The number of fused-ring (bicyclic) bond motifs is 1. The van der Waals surface area contributed by atoms with E-state index < -0.39 is 0 Å². The SMILES string of the molecule is CCCNC1CC(C)(C)CCc2ccc(C(C)(C)C)cc21. The number of benzene rings is 1. The Labute approximate surface area is 131 Å². The van der Waals surface area contributed by atoms with Gasteiger partial charge in [0.25, 0.3) is 0 Å². The quantitative estimate of drug-likeness (QED) is 0.735. The Balaban J connectivity index is 2.40. The van der Waals surface area contributed by atoms with Crippen LogP contribution in [0.5, 0.6) is 0 Å². The molecular weight excluding hydrogens is 254 g/mol. The zero-order valence-corrected chi connectivity index (χ0v) is 14.8. The smallest absolute Gasteiger partial charge is 0.0328 e. The van der Waals surface area contributed by atoms with Gasteiger partial charge in [-0.25, -0.2) is 0 Å². The Morgan fingerprint density at radius 1 is 1.24 bits per heavy atom. The summed E-state index contributed by atoms with van der Waals surface area (Å²) >= 11 is 0. The Bertz CT molecular complexity index is 479. The van der Waals surface area contributed by atoms with Crippen molar-refractivity contribution in [2.24, 2.45) is 5.41 Å². The molecule has 1 aliphatic carbocycles. The minimum Gasteiger partial charge on any atom is -0.310 e. The fourth-order valence-corrected chi connectivity index (χ4v) is 3.35. The van der Waals surface area contributed by atoms with Crippen LogP contribution in [0.4, 0.5) is 0 Å². The van der Waals surface area contributed by atoms with Gasteiger partial charge in [0.2, 0.25) is 0 Å². The van der Waals surface area contributed by atoms with Crippen LogP contribution in [0, 0.1) is 5.41 Å². The van der Waals surface area contributed by atoms with E-state index in [4.69, 9.17) is 0 Å². The molecule has 1 aromatic carbocycles. The highest BCUT2D eigenvalue weighted by Crippen LogP contribution is 2.40. The maximum Gasteiger partial charge on any atom is 0.0328 e. The van der Waals surface area contributed by atoms with Crippen LogP contribution in [0.1, 0.15) is 83.5 Å². The zero-order valence-electron chi connectivity index (χ0n) is 14.8. The summed E-state index contributed by atoms with van der Waals surface area (Å²) in [6.45, 7) is 15.1. The first-order valence-electron chi connectivity index (χ1n) is 8.59. The predicted molar refractivity (Wildman–Crippen MR) is 92.9 cm³/mol. The van der Waals surface area contributed by atoms with Crippen LogP contribution in [-0.4, -0.2) is 6.54 Å². The largest absolute Gasteiger partial charge is 0.310 e. The van der Waals surface area contributed by atoms with Gasteiger partial charge in [-0.3, -0.25) is 0 Å². The molecule has 0 aromatic heterocycles. The predicted octanol–water partition coefficient (Wildman–Crippen LogP) is 5.39. The van der Waals surface area contributed by atoms with E-state index in [1.54, 1.807) is 11.1 Å². The lowest BCUT2D eigenvalue weighted by Crippen LogP contribution is -2.27. The highest BCUT2D eigenvalue weighted by molar-refractivity contribution is 5.38. The van der Waals surface area contributed by atoms with Gasteiger partial charge in [0.15, 0.2) is 0 Å². The molecule has 1 nitrogen and oxygen atoms in total.